The van der Waals surface area contributed by atoms with Crippen LogP contribution in [0.1, 0.15) is 11.5 Å². The summed E-state index contributed by atoms with van der Waals surface area (Å²) in [4.78, 5) is 18.8. The number of halogens is 3. The molecule has 0 spiro atoms. The van der Waals surface area contributed by atoms with Crippen LogP contribution in [-0.2, 0) is 11.0 Å². The molecule has 2 heterocycles. The van der Waals surface area contributed by atoms with Crippen LogP contribution < -0.4 is 5.73 Å². The van der Waals surface area contributed by atoms with Crippen LogP contribution in [0.5, 0.6) is 0 Å². The van der Waals surface area contributed by atoms with E-state index in [1.54, 1.807) is 36.4 Å². The Labute approximate surface area is 166 Å². The number of nitriles is 1. The second-order valence-electron chi connectivity index (χ2n) is 5.58. The van der Waals surface area contributed by atoms with E-state index in [-0.39, 0.29) is 27.3 Å². The summed E-state index contributed by atoms with van der Waals surface area (Å²) in [5.74, 6) is -0.787. The molecule has 0 radical (unpaired) electrons. The highest BCUT2D eigenvalue weighted by Gasteiger charge is 2.34. The van der Waals surface area contributed by atoms with Gasteiger partial charge in [0.25, 0.3) is 5.91 Å². The number of rotatable bonds is 5. The Morgan fingerprint density at radius 2 is 1.90 bits per heavy atom. The lowest BCUT2D eigenvalue weighted by Gasteiger charge is -2.09. The van der Waals surface area contributed by atoms with Crippen molar-refractivity contribution in [3.63, 3.8) is 0 Å². The maximum absolute atomic E-state index is 13.3. The minimum atomic E-state index is -4.65. The molecule has 2 aromatic heterocycles. The van der Waals surface area contributed by atoms with Gasteiger partial charge in [0.05, 0.1) is 5.69 Å². The highest BCUT2D eigenvalue weighted by atomic mass is 32.2. The molecule has 29 heavy (non-hydrogen) atoms. The lowest BCUT2D eigenvalue weighted by atomic mass is 10.1. The van der Waals surface area contributed by atoms with Crippen LogP contribution in [0.3, 0.4) is 0 Å². The SMILES string of the molecule is N#C/C(=C\c1ccc(Sc2nc(-c3ccccc3)cc(C(F)(F)F)n2)o1)C(N)=O. The number of nitrogens with zero attached hydrogens (tertiary/aromatic N) is 3. The van der Waals surface area contributed by atoms with E-state index in [4.69, 9.17) is 15.4 Å². The molecule has 0 aliphatic rings. The fourth-order valence-corrected chi connectivity index (χ4v) is 2.97. The monoisotopic (exact) mass is 416 g/mol. The van der Waals surface area contributed by atoms with Crippen LogP contribution in [0.25, 0.3) is 17.3 Å². The summed E-state index contributed by atoms with van der Waals surface area (Å²) in [5.41, 5.74) is 4.27. The number of furan rings is 1. The van der Waals surface area contributed by atoms with Gasteiger partial charge >= 0.3 is 6.18 Å². The number of hydrogen-bond donors (Lipinski definition) is 1. The fourth-order valence-electron chi connectivity index (χ4n) is 2.23. The summed E-state index contributed by atoms with van der Waals surface area (Å²) >= 11 is 0.773. The van der Waals surface area contributed by atoms with Gasteiger partial charge in [-0.3, -0.25) is 4.79 Å². The lowest BCUT2D eigenvalue weighted by molar-refractivity contribution is -0.141. The number of benzene rings is 1. The van der Waals surface area contributed by atoms with Crippen molar-refractivity contribution < 1.29 is 22.4 Å². The molecule has 146 valence electrons. The molecule has 0 fully saturated rings. The van der Waals surface area contributed by atoms with Gasteiger partial charge in [-0.25, -0.2) is 9.97 Å². The predicted octanol–water partition coefficient (Wildman–Crippen LogP) is 4.30. The van der Waals surface area contributed by atoms with Crippen LogP contribution in [-0.4, -0.2) is 15.9 Å². The Morgan fingerprint density at radius 3 is 2.52 bits per heavy atom. The first-order valence-corrected chi connectivity index (χ1v) is 8.79. The van der Waals surface area contributed by atoms with E-state index in [0.717, 1.165) is 23.9 Å². The van der Waals surface area contributed by atoms with E-state index in [1.807, 2.05) is 0 Å². The molecular weight excluding hydrogens is 405 g/mol. The highest BCUT2D eigenvalue weighted by Crippen LogP contribution is 2.34. The minimum absolute atomic E-state index is 0.114. The number of alkyl halides is 3. The molecule has 1 amide bonds. The van der Waals surface area contributed by atoms with Crippen LogP contribution in [0.2, 0.25) is 0 Å². The van der Waals surface area contributed by atoms with Gasteiger partial charge in [-0.1, -0.05) is 30.3 Å². The summed E-state index contributed by atoms with van der Waals surface area (Å²) in [6.45, 7) is 0. The maximum atomic E-state index is 13.3. The van der Waals surface area contributed by atoms with Crippen molar-refractivity contribution in [1.29, 1.82) is 5.26 Å². The average Bonchev–Trinajstić information content (AvgIpc) is 3.12. The molecule has 0 aliphatic carbocycles. The number of carbonyl (C=O) groups is 1. The van der Waals surface area contributed by atoms with Crippen molar-refractivity contribution in [2.75, 3.05) is 0 Å². The summed E-state index contributed by atoms with van der Waals surface area (Å²) in [7, 11) is 0. The van der Waals surface area contributed by atoms with Gasteiger partial charge in [-0.15, -0.1) is 0 Å². The van der Waals surface area contributed by atoms with Crippen molar-refractivity contribution in [3.8, 4) is 17.3 Å². The van der Waals surface area contributed by atoms with Crippen molar-refractivity contribution in [2.24, 2.45) is 5.73 Å². The van der Waals surface area contributed by atoms with Crippen LogP contribution >= 0.6 is 11.8 Å². The van der Waals surface area contributed by atoms with Gasteiger partial charge in [0, 0.05) is 11.6 Å². The van der Waals surface area contributed by atoms with Crippen molar-refractivity contribution in [1.82, 2.24) is 9.97 Å². The van der Waals surface area contributed by atoms with E-state index < -0.39 is 17.8 Å². The fraction of sp³-hybridized carbons (Fsp3) is 0.0526. The number of primary amides is 1. The Morgan fingerprint density at radius 1 is 1.17 bits per heavy atom. The average molecular weight is 416 g/mol. The first-order valence-electron chi connectivity index (χ1n) is 7.97. The minimum Gasteiger partial charge on any atom is -0.450 e. The number of hydrogen-bond acceptors (Lipinski definition) is 6. The van der Waals surface area contributed by atoms with E-state index in [2.05, 4.69) is 9.97 Å². The second kappa shape index (κ2) is 8.20. The first kappa shape index (κ1) is 20.2. The molecule has 3 aromatic rings. The molecule has 3 rings (SSSR count). The number of aromatic nitrogens is 2. The number of carbonyl (C=O) groups excluding carboxylic acids is 1. The lowest BCUT2D eigenvalue weighted by Crippen LogP contribution is -2.12. The molecule has 0 unspecified atom stereocenters. The molecule has 6 nitrogen and oxygen atoms in total. The van der Waals surface area contributed by atoms with Crippen molar-refractivity contribution in [3.05, 3.63) is 65.6 Å². The third-order valence-corrected chi connectivity index (χ3v) is 4.32. The maximum Gasteiger partial charge on any atom is 0.433 e. The molecule has 0 bridgehead atoms. The summed E-state index contributed by atoms with van der Waals surface area (Å²) < 4.78 is 45.2. The molecule has 0 aliphatic heterocycles. The van der Waals surface area contributed by atoms with Crippen LogP contribution in [0.15, 0.2) is 68.8 Å². The number of amides is 1. The molecule has 0 saturated carbocycles. The largest absolute Gasteiger partial charge is 0.450 e. The molecular formula is C19H11F3N4O2S. The Hall–Kier alpha value is -3.58. The predicted molar refractivity (Wildman–Crippen MR) is 98.1 cm³/mol. The van der Waals surface area contributed by atoms with Gasteiger partial charge in [0.2, 0.25) is 0 Å². The summed E-state index contributed by atoms with van der Waals surface area (Å²) in [6.07, 6.45) is -3.52. The molecule has 1 aromatic carbocycles. The zero-order chi connectivity index (χ0) is 21.0. The molecule has 10 heteroatoms. The summed E-state index contributed by atoms with van der Waals surface area (Å²) in [6, 6.07) is 13.8. The first-order chi connectivity index (χ1) is 13.8. The highest BCUT2D eigenvalue weighted by molar-refractivity contribution is 7.99. The molecule has 0 saturated heterocycles. The van der Waals surface area contributed by atoms with Crippen molar-refractivity contribution >= 4 is 23.7 Å². The quantitative estimate of drug-likeness (QED) is 0.378. The third-order valence-electron chi connectivity index (χ3n) is 3.53. The molecule has 0 atom stereocenters. The van der Waals surface area contributed by atoms with Gasteiger partial charge in [-0.2, -0.15) is 18.4 Å². The van der Waals surface area contributed by atoms with Gasteiger partial charge in [0.1, 0.15) is 23.1 Å². The zero-order valence-electron chi connectivity index (χ0n) is 14.5. The second-order valence-corrected chi connectivity index (χ2v) is 6.55. The molecule has 2 N–H and O–H groups in total. The van der Waals surface area contributed by atoms with E-state index in [9.17, 15) is 18.0 Å². The van der Waals surface area contributed by atoms with Gasteiger partial charge < -0.3 is 10.2 Å². The zero-order valence-corrected chi connectivity index (χ0v) is 15.3. The van der Waals surface area contributed by atoms with E-state index in [1.165, 1.54) is 12.1 Å². The Balaban J connectivity index is 1.95. The summed E-state index contributed by atoms with van der Waals surface area (Å²) in [5, 5.41) is 8.86. The topological polar surface area (TPSA) is 106 Å². The standard InChI is InChI=1S/C19H11F3N4O2S/c20-19(21,22)15-9-14(11-4-2-1-3-5-11)25-18(26-15)29-16-7-6-13(28-16)8-12(10-23)17(24)27/h1-9H,(H2,24,27)/b12-8+. The van der Waals surface area contributed by atoms with E-state index in [0.29, 0.717) is 5.56 Å². The van der Waals surface area contributed by atoms with Crippen LogP contribution in [0, 0.1) is 11.3 Å². The van der Waals surface area contributed by atoms with Crippen LogP contribution in [0.4, 0.5) is 13.2 Å². The van der Waals surface area contributed by atoms with Gasteiger partial charge in [0.15, 0.2) is 10.2 Å². The van der Waals surface area contributed by atoms with Crippen molar-refractivity contribution in [2.45, 2.75) is 16.4 Å². The van der Waals surface area contributed by atoms with Gasteiger partial charge in [-0.05, 0) is 30.0 Å². The Bertz CT molecular complexity index is 1120. The Kier molecular flexibility index (Phi) is 5.70. The third kappa shape index (κ3) is 5.03. The smallest absolute Gasteiger partial charge is 0.433 e. The van der Waals surface area contributed by atoms with E-state index >= 15 is 0 Å². The number of nitrogens with two attached hydrogens (primary N) is 1. The normalized spacial score (nSPS) is 11.9.